The topological polar surface area (TPSA) is 75.6 Å². The molecule has 1 aromatic rings. The molecular weight excluding hydrogens is 258 g/mol. The molecule has 1 fully saturated rings. The summed E-state index contributed by atoms with van der Waals surface area (Å²) in [5.74, 6) is -1.33. The third-order valence-corrected chi connectivity index (χ3v) is 3.49. The van der Waals surface area contributed by atoms with E-state index in [4.69, 9.17) is 4.74 Å². The van der Waals surface area contributed by atoms with E-state index in [1.54, 1.807) is 0 Å². The normalized spacial score (nSPS) is 17.4. The van der Waals surface area contributed by atoms with Crippen LogP contribution in [0.5, 0.6) is 0 Å². The fourth-order valence-electron chi connectivity index (χ4n) is 2.30. The summed E-state index contributed by atoms with van der Waals surface area (Å²) >= 11 is 0. The summed E-state index contributed by atoms with van der Waals surface area (Å²) in [7, 11) is 0. The van der Waals surface area contributed by atoms with Gasteiger partial charge in [0.05, 0.1) is 0 Å². The number of rotatable bonds is 5. The van der Waals surface area contributed by atoms with E-state index in [1.165, 1.54) is 0 Å². The number of aliphatic carboxylic acids is 1. The fourth-order valence-corrected chi connectivity index (χ4v) is 2.30. The van der Waals surface area contributed by atoms with Gasteiger partial charge in [-0.15, -0.1) is 0 Å². The number of carboxylic acids is 1. The van der Waals surface area contributed by atoms with Gasteiger partial charge in [-0.3, -0.25) is 4.79 Å². The molecule has 20 heavy (non-hydrogen) atoms. The summed E-state index contributed by atoms with van der Waals surface area (Å²) in [6.07, 6.45) is 1.61. The molecule has 0 aliphatic carbocycles. The van der Waals surface area contributed by atoms with Gasteiger partial charge in [0, 0.05) is 25.6 Å². The molecule has 0 radical (unpaired) electrons. The molecular formula is C15H19NO4. The Bertz CT molecular complexity index is 454. The first-order valence-electron chi connectivity index (χ1n) is 6.81. The van der Waals surface area contributed by atoms with E-state index in [1.807, 2.05) is 30.3 Å². The van der Waals surface area contributed by atoms with Crippen LogP contribution in [0.4, 0.5) is 0 Å². The van der Waals surface area contributed by atoms with Crippen LogP contribution in [0.25, 0.3) is 0 Å². The molecule has 1 atom stereocenters. The van der Waals surface area contributed by atoms with Crippen LogP contribution < -0.4 is 5.32 Å². The zero-order chi connectivity index (χ0) is 14.4. The van der Waals surface area contributed by atoms with Crippen molar-refractivity contribution >= 4 is 11.9 Å². The minimum Gasteiger partial charge on any atom is -0.480 e. The lowest BCUT2D eigenvalue weighted by Crippen LogP contribution is -2.45. The molecule has 0 bridgehead atoms. The molecule has 2 N–H and O–H groups in total. The Hall–Kier alpha value is -1.88. The molecule has 1 aromatic carbocycles. The number of carboxylic acid groups (broad SMARTS) is 1. The largest absolute Gasteiger partial charge is 0.480 e. The minimum absolute atomic E-state index is 0.138. The molecule has 1 amide bonds. The molecule has 2 rings (SSSR count). The monoisotopic (exact) mass is 277 g/mol. The van der Waals surface area contributed by atoms with Gasteiger partial charge < -0.3 is 15.2 Å². The van der Waals surface area contributed by atoms with E-state index in [0.717, 1.165) is 5.56 Å². The Kier molecular flexibility index (Phi) is 5.12. The van der Waals surface area contributed by atoms with Crippen molar-refractivity contribution in [1.29, 1.82) is 0 Å². The van der Waals surface area contributed by atoms with Gasteiger partial charge in [0.25, 0.3) is 0 Å². The summed E-state index contributed by atoms with van der Waals surface area (Å²) in [6.45, 7) is 1.13. The second kappa shape index (κ2) is 7.05. The van der Waals surface area contributed by atoms with Gasteiger partial charge in [0.15, 0.2) is 0 Å². The third-order valence-electron chi connectivity index (χ3n) is 3.49. The predicted molar refractivity (Wildman–Crippen MR) is 73.3 cm³/mol. The number of carbonyl (C=O) groups is 2. The number of nitrogens with one attached hydrogen (secondary N) is 1. The van der Waals surface area contributed by atoms with E-state index in [0.29, 0.717) is 32.5 Å². The van der Waals surface area contributed by atoms with Crippen molar-refractivity contribution in [2.75, 3.05) is 13.2 Å². The lowest BCUT2D eigenvalue weighted by Gasteiger charge is -2.23. The highest BCUT2D eigenvalue weighted by molar-refractivity contribution is 5.85. The summed E-state index contributed by atoms with van der Waals surface area (Å²) < 4.78 is 5.20. The summed E-state index contributed by atoms with van der Waals surface area (Å²) in [5.41, 5.74) is 0.896. The minimum atomic E-state index is -1.01. The van der Waals surface area contributed by atoms with Crippen molar-refractivity contribution < 1.29 is 19.4 Å². The molecule has 0 aromatic heterocycles. The SMILES string of the molecule is O=C(NC(Cc1ccccc1)C(=O)O)C1CCOCC1. The van der Waals surface area contributed by atoms with Crippen LogP contribution in [0.3, 0.4) is 0 Å². The van der Waals surface area contributed by atoms with Crippen LogP contribution in [0.1, 0.15) is 18.4 Å². The van der Waals surface area contributed by atoms with Crippen LogP contribution in [0.2, 0.25) is 0 Å². The summed E-state index contributed by atoms with van der Waals surface area (Å²) in [6, 6.07) is 8.42. The number of ether oxygens (including phenoxy) is 1. The highest BCUT2D eigenvalue weighted by Crippen LogP contribution is 2.15. The van der Waals surface area contributed by atoms with Crippen LogP contribution >= 0.6 is 0 Å². The van der Waals surface area contributed by atoms with Crippen LogP contribution in [-0.2, 0) is 20.7 Å². The van der Waals surface area contributed by atoms with Gasteiger partial charge in [-0.1, -0.05) is 30.3 Å². The lowest BCUT2D eigenvalue weighted by molar-refractivity contribution is -0.143. The number of hydrogen-bond donors (Lipinski definition) is 2. The number of benzene rings is 1. The molecule has 1 heterocycles. The van der Waals surface area contributed by atoms with Gasteiger partial charge in [-0.05, 0) is 18.4 Å². The standard InChI is InChI=1S/C15H19NO4/c17-14(12-6-8-20-9-7-12)16-13(15(18)19)10-11-4-2-1-3-5-11/h1-5,12-13H,6-10H2,(H,16,17)(H,18,19). The highest BCUT2D eigenvalue weighted by Gasteiger charge is 2.26. The highest BCUT2D eigenvalue weighted by atomic mass is 16.5. The van der Waals surface area contributed by atoms with Crippen molar-refractivity contribution in [2.24, 2.45) is 5.92 Å². The molecule has 0 saturated carbocycles. The zero-order valence-corrected chi connectivity index (χ0v) is 11.2. The zero-order valence-electron chi connectivity index (χ0n) is 11.2. The summed E-state index contributed by atoms with van der Waals surface area (Å²) in [4.78, 5) is 23.4. The molecule has 1 saturated heterocycles. The van der Waals surface area contributed by atoms with E-state index >= 15 is 0 Å². The van der Waals surface area contributed by atoms with E-state index in [9.17, 15) is 14.7 Å². The molecule has 1 unspecified atom stereocenters. The van der Waals surface area contributed by atoms with Gasteiger partial charge in [-0.2, -0.15) is 0 Å². The average Bonchev–Trinajstić information content (AvgIpc) is 2.48. The Morgan fingerprint density at radius 3 is 2.50 bits per heavy atom. The Morgan fingerprint density at radius 1 is 1.25 bits per heavy atom. The van der Waals surface area contributed by atoms with E-state index in [2.05, 4.69) is 5.32 Å². The maximum atomic E-state index is 12.1. The fraction of sp³-hybridized carbons (Fsp3) is 0.467. The first-order valence-corrected chi connectivity index (χ1v) is 6.81. The number of amides is 1. The second-order valence-corrected chi connectivity index (χ2v) is 4.98. The predicted octanol–water partition coefficient (Wildman–Crippen LogP) is 1.23. The second-order valence-electron chi connectivity index (χ2n) is 4.98. The molecule has 5 heteroatoms. The summed E-state index contributed by atoms with van der Waals surface area (Å²) in [5, 5.41) is 11.9. The first kappa shape index (κ1) is 14.5. The third kappa shape index (κ3) is 4.06. The van der Waals surface area contributed by atoms with Gasteiger partial charge in [0.1, 0.15) is 6.04 Å². The van der Waals surface area contributed by atoms with E-state index in [-0.39, 0.29) is 11.8 Å². The van der Waals surface area contributed by atoms with Crippen molar-refractivity contribution in [1.82, 2.24) is 5.32 Å². The smallest absolute Gasteiger partial charge is 0.326 e. The van der Waals surface area contributed by atoms with Crippen LogP contribution in [-0.4, -0.2) is 36.2 Å². The lowest BCUT2D eigenvalue weighted by atomic mass is 9.98. The van der Waals surface area contributed by atoms with Gasteiger partial charge in [-0.25, -0.2) is 4.79 Å². The van der Waals surface area contributed by atoms with Crippen LogP contribution in [0.15, 0.2) is 30.3 Å². The Balaban J connectivity index is 1.95. The Labute approximate surface area is 117 Å². The molecule has 108 valence electrons. The number of carbonyl (C=O) groups excluding carboxylic acids is 1. The van der Waals surface area contributed by atoms with Crippen molar-refractivity contribution in [2.45, 2.75) is 25.3 Å². The van der Waals surface area contributed by atoms with Crippen molar-refractivity contribution in [3.63, 3.8) is 0 Å². The van der Waals surface area contributed by atoms with Crippen molar-refractivity contribution in [3.05, 3.63) is 35.9 Å². The molecule has 1 aliphatic heterocycles. The molecule has 1 aliphatic rings. The number of hydrogen-bond acceptors (Lipinski definition) is 3. The van der Waals surface area contributed by atoms with Crippen molar-refractivity contribution in [3.8, 4) is 0 Å². The van der Waals surface area contributed by atoms with Crippen LogP contribution in [0, 0.1) is 5.92 Å². The Morgan fingerprint density at radius 2 is 1.90 bits per heavy atom. The molecule has 5 nitrogen and oxygen atoms in total. The van der Waals surface area contributed by atoms with Gasteiger partial charge >= 0.3 is 5.97 Å². The molecule has 0 spiro atoms. The maximum absolute atomic E-state index is 12.1. The maximum Gasteiger partial charge on any atom is 0.326 e. The van der Waals surface area contributed by atoms with E-state index < -0.39 is 12.0 Å². The quantitative estimate of drug-likeness (QED) is 0.848. The average molecular weight is 277 g/mol. The first-order chi connectivity index (χ1) is 9.66. The van der Waals surface area contributed by atoms with Gasteiger partial charge in [0.2, 0.25) is 5.91 Å².